The summed E-state index contributed by atoms with van der Waals surface area (Å²) < 4.78 is 2.30. The smallest absolute Gasteiger partial charge is 0.145 e. The van der Waals surface area contributed by atoms with Crippen LogP contribution in [-0.4, -0.2) is 9.55 Å². The number of hydrogen-bond acceptors (Lipinski definition) is 1. The maximum atomic E-state index is 5.27. The fourth-order valence-corrected chi connectivity index (χ4v) is 11.6. The molecule has 11 aromatic rings. The first-order valence-corrected chi connectivity index (χ1v) is 22.5. The summed E-state index contributed by atoms with van der Waals surface area (Å²) >= 11 is 0. The van der Waals surface area contributed by atoms with E-state index in [1.165, 1.54) is 72.3 Å². The van der Waals surface area contributed by atoms with Crippen molar-refractivity contribution < 1.29 is 0 Å². The summed E-state index contributed by atoms with van der Waals surface area (Å²) in [5, 5.41) is 0. The lowest BCUT2D eigenvalue weighted by atomic mass is 9.51. The molecule has 65 heavy (non-hydrogen) atoms. The fourth-order valence-electron chi connectivity index (χ4n) is 11.6. The summed E-state index contributed by atoms with van der Waals surface area (Å²) in [4.78, 5) is 5.27. The fraction of sp³-hybridized carbons (Fsp3) is 0.0317. The van der Waals surface area contributed by atoms with E-state index in [1.54, 1.807) is 0 Å². The molecule has 2 aliphatic carbocycles. The summed E-state index contributed by atoms with van der Waals surface area (Å²) in [6.45, 7) is 0. The lowest BCUT2D eigenvalue weighted by Crippen LogP contribution is -2.44. The molecule has 304 valence electrons. The Balaban J connectivity index is 1.02. The number of hydrogen-bond donors (Lipinski definition) is 0. The minimum absolute atomic E-state index is 0.497. The van der Waals surface area contributed by atoms with Crippen molar-refractivity contribution in [3.8, 4) is 50.5 Å². The standard InChI is InChI=1S/C63H42N2/c1-4-19-43(20-5-1)44-39-41-49(42-40-44)65-59-34-17-16-33-58(59)64-61(65)46-37-35-45(36-38-46)50-25-10-12-28-53(50)62(47-21-6-2-7-22-47)55-30-14-15-31-56(55)63(48-23-8-3-9-24-48)54-29-13-11-26-51(54)52-27-18-32-57(62)60(52)63/h1-42H. The first-order valence-electron chi connectivity index (χ1n) is 22.5. The maximum absolute atomic E-state index is 5.27. The van der Waals surface area contributed by atoms with E-state index in [0.29, 0.717) is 0 Å². The molecule has 0 amide bonds. The Morgan fingerprint density at radius 2 is 0.754 bits per heavy atom. The molecule has 0 saturated heterocycles. The molecule has 1 heterocycles. The van der Waals surface area contributed by atoms with Gasteiger partial charge in [0.1, 0.15) is 5.82 Å². The van der Waals surface area contributed by atoms with Crippen LogP contribution in [0.15, 0.2) is 255 Å². The largest absolute Gasteiger partial charge is 0.292 e. The first-order chi connectivity index (χ1) is 32.3. The van der Waals surface area contributed by atoms with E-state index in [-0.39, 0.29) is 0 Å². The SMILES string of the molecule is c1ccc(-c2ccc(-n3c(-c4ccc(-c5ccccc5C5(c6ccccc6)c6ccccc6C6(c7ccccc7)c7ccccc7-c7cccc5c76)cc4)nc4ccccc43)cc2)cc1. The van der Waals surface area contributed by atoms with Gasteiger partial charge in [-0.25, -0.2) is 4.98 Å². The second kappa shape index (κ2) is 14.6. The van der Waals surface area contributed by atoms with E-state index in [4.69, 9.17) is 4.98 Å². The van der Waals surface area contributed by atoms with Gasteiger partial charge in [-0.1, -0.05) is 231 Å². The maximum Gasteiger partial charge on any atom is 0.145 e. The van der Waals surface area contributed by atoms with Gasteiger partial charge < -0.3 is 0 Å². The van der Waals surface area contributed by atoms with E-state index < -0.39 is 10.8 Å². The number of imidazole rings is 1. The zero-order valence-corrected chi connectivity index (χ0v) is 35.6. The molecule has 13 rings (SSSR count). The molecule has 0 N–H and O–H groups in total. The number of rotatable bonds is 7. The molecule has 2 unspecified atom stereocenters. The van der Waals surface area contributed by atoms with Crippen molar-refractivity contribution in [1.29, 1.82) is 0 Å². The van der Waals surface area contributed by atoms with Gasteiger partial charge in [0.15, 0.2) is 0 Å². The summed E-state index contributed by atoms with van der Waals surface area (Å²) in [6, 6.07) is 93.9. The Kier molecular flexibility index (Phi) is 8.38. The van der Waals surface area contributed by atoms with Crippen molar-refractivity contribution in [1.82, 2.24) is 9.55 Å². The molecule has 0 saturated carbocycles. The van der Waals surface area contributed by atoms with Crippen LogP contribution in [-0.2, 0) is 10.8 Å². The molecule has 2 heteroatoms. The molecular weight excluding hydrogens is 785 g/mol. The van der Waals surface area contributed by atoms with E-state index in [1.807, 2.05) is 0 Å². The Hall–Kier alpha value is -8.33. The van der Waals surface area contributed by atoms with Crippen LogP contribution in [0.4, 0.5) is 0 Å². The van der Waals surface area contributed by atoms with Crippen molar-refractivity contribution in [2.45, 2.75) is 10.8 Å². The minimum atomic E-state index is -0.654. The summed E-state index contributed by atoms with van der Waals surface area (Å²) in [7, 11) is 0. The quantitative estimate of drug-likeness (QED) is 0.156. The number of nitrogens with zero attached hydrogens (tertiary/aromatic N) is 2. The molecule has 2 aliphatic rings. The van der Waals surface area contributed by atoms with Crippen LogP contribution in [0.1, 0.15) is 44.5 Å². The van der Waals surface area contributed by atoms with Crippen LogP contribution < -0.4 is 0 Å². The highest BCUT2D eigenvalue weighted by atomic mass is 15.1. The van der Waals surface area contributed by atoms with Gasteiger partial charge in [-0.3, -0.25) is 4.57 Å². The van der Waals surface area contributed by atoms with Crippen molar-refractivity contribution in [3.05, 3.63) is 299 Å². The highest BCUT2D eigenvalue weighted by molar-refractivity contribution is 5.93. The molecule has 2 atom stereocenters. The van der Waals surface area contributed by atoms with Crippen molar-refractivity contribution in [2.24, 2.45) is 0 Å². The number of para-hydroxylation sites is 2. The number of fused-ring (bicyclic) bond motifs is 6. The molecule has 1 aromatic heterocycles. The monoisotopic (exact) mass is 826 g/mol. The Labute approximate surface area is 379 Å². The second-order valence-corrected chi connectivity index (χ2v) is 17.3. The highest BCUT2D eigenvalue weighted by Crippen LogP contribution is 2.66. The zero-order chi connectivity index (χ0) is 43.0. The number of aromatic nitrogens is 2. The van der Waals surface area contributed by atoms with Gasteiger partial charge in [0.2, 0.25) is 0 Å². The molecule has 2 nitrogen and oxygen atoms in total. The van der Waals surface area contributed by atoms with Crippen LogP contribution in [0.3, 0.4) is 0 Å². The van der Waals surface area contributed by atoms with Gasteiger partial charge in [-0.05, 0) is 102 Å². The molecule has 0 spiro atoms. The van der Waals surface area contributed by atoms with Gasteiger partial charge in [0.05, 0.1) is 21.9 Å². The van der Waals surface area contributed by atoms with E-state index >= 15 is 0 Å². The third-order valence-electron chi connectivity index (χ3n) is 14.2. The van der Waals surface area contributed by atoms with Gasteiger partial charge in [0, 0.05) is 11.3 Å². The topological polar surface area (TPSA) is 17.8 Å². The molecular formula is C63H42N2. The van der Waals surface area contributed by atoms with Gasteiger partial charge in [0.25, 0.3) is 0 Å². The van der Waals surface area contributed by atoms with Gasteiger partial charge >= 0.3 is 0 Å². The Morgan fingerprint density at radius 3 is 1.45 bits per heavy atom. The number of benzene rings is 10. The average Bonchev–Trinajstić information content (AvgIpc) is 3.93. The Morgan fingerprint density at radius 1 is 0.292 bits per heavy atom. The van der Waals surface area contributed by atoms with Gasteiger partial charge in [-0.2, -0.15) is 0 Å². The summed E-state index contributed by atoms with van der Waals surface area (Å²) in [5.74, 6) is 0.914. The summed E-state index contributed by atoms with van der Waals surface area (Å²) in [6.07, 6.45) is 0. The molecule has 0 bridgehead atoms. The van der Waals surface area contributed by atoms with Crippen LogP contribution in [0.2, 0.25) is 0 Å². The second-order valence-electron chi connectivity index (χ2n) is 17.3. The third-order valence-corrected chi connectivity index (χ3v) is 14.2. The van der Waals surface area contributed by atoms with E-state index in [2.05, 4.69) is 259 Å². The predicted molar refractivity (Wildman–Crippen MR) is 267 cm³/mol. The average molecular weight is 827 g/mol. The van der Waals surface area contributed by atoms with Crippen LogP contribution in [0, 0.1) is 0 Å². The third kappa shape index (κ3) is 5.32. The minimum Gasteiger partial charge on any atom is -0.292 e. The van der Waals surface area contributed by atoms with Crippen molar-refractivity contribution in [3.63, 3.8) is 0 Å². The zero-order valence-electron chi connectivity index (χ0n) is 35.6. The lowest BCUT2D eigenvalue weighted by Gasteiger charge is -2.50. The van der Waals surface area contributed by atoms with Crippen molar-refractivity contribution >= 4 is 11.0 Å². The van der Waals surface area contributed by atoms with Gasteiger partial charge in [-0.15, -0.1) is 0 Å². The summed E-state index contributed by atoms with van der Waals surface area (Å²) in [5.41, 5.74) is 20.8. The lowest BCUT2D eigenvalue weighted by molar-refractivity contribution is 0.627. The highest BCUT2D eigenvalue weighted by Gasteiger charge is 2.57. The molecule has 0 fully saturated rings. The van der Waals surface area contributed by atoms with Crippen LogP contribution >= 0.6 is 0 Å². The van der Waals surface area contributed by atoms with E-state index in [9.17, 15) is 0 Å². The molecule has 10 aromatic carbocycles. The normalized spacial score (nSPS) is 16.7. The first kappa shape index (κ1) is 37.2. The predicted octanol–water partition coefficient (Wildman–Crippen LogP) is 15.1. The van der Waals surface area contributed by atoms with Crippen molar-refractivity contribution in [2.75, 3.05) is 0 Å². The van der Waals surface area contributed by atoms with E-state index in [0.717, 1.165) is 33.7 Å². The molecule has 0 aliphatic heterocycles. The Bertz CT molecular complexity index is 3570. The van der Waals surface area contributed by atoms with Crippen LogP contribution in [0.5, 0.6) is 0 Å². The molecule has 0 radical (unpaired) electrons. The van der Waals surface area contributed by atoms with Crippen LogP contribution in [0.25, 0.3) is 61.5 Å².